The lowest BCUT2D eigenvalue weighted by Gasteiger charge is -2.40. The summed E-state index contributed by atoms with van der Waals surface area (Å²) in [5.74, 6) is -0.928. The summed E-state index contributed by atoms with van der Waals surface area (Å²) < 4.78 is 11.4. The predicted molar refractivity (Wildman–Crippen MR) is 128 cm³/mol. The van der Waals surface area contributed by atoms with Crippen molar-refractivity contribution in [3.63, 3.8) is 0 Å². The first-order chi connectivity index (χ1) is 16.9. The molecule has 0 aliphatic carbocycles. The van der Waals surface area contributed by atoms with E-state index in [1.807, 2.05) is 30.3 Å². The number of carbonyl (C=O) groups excluding carboxylic acids is 4. The number of hydrogen-bond donors (Lipinski definition) is 1. The number of amides is 3. The van der Waals surface area contributed by atoms with E-state index in [9.17, 15) is 19.2 Å². The molecule has 0 saturated carbocycles. The highest BCUT2D eigenvalue weighted by molar-refractivity contribution is 5.99. The minimum Gasteiger partial charge on any atom is -0.477 e. The number of carbonyl (C=O) groups is 4. The summed E-state index contributed by atoms with van der Waals surface area (Å²) in [4.78, 5) is 53.8. The van der Waals surface area contributed by atoms with Crippen LogP contribution in [0.1, 0.15) is 25.3 Å². The van der Waals surface area contributed by atoms with Gasteiger partial charge in [0.25, 0.3) is 11.8 Å². The number of likely N-dealkylation sites (N-methyl/N-ethyl adjacent to an activating group) is 1. The maximum Gasteiger partial charge on any atom is 0.317 e. The fourth-order valence-electron chi connectivity index (χ4n) is 4.68. The number of esters is 1. The normalized spacial score (nSPS) is 18.6. The molecule has 0 spiro atoms. The van der Waals surface area contributed by atoms with Crippen molar-refractivity contribution in [3.05, 3.63) is 60.2 Å². The zero-order valence-electron chi connectivity index (χ0n) is 19.9. The van der Waals surface area contributed by atoms with E-state index in [0.717, 1.165) is 5.56 Å². The zero-order valence-corrected chi connectivity index (χ0v) is 19.9. The molecule has 4 rings (SSSR count). The number of likely N-dealkylation sites (tertiary alicyclic amines) is 1. The number of hydrogen-bond acceptors (Lipinski definition) is 6. The monoisotopic (exact) mass is 479 g/mol. The van der Waals surface area contributed by atoms with E-state index in [1.54, 1.807) is 29.2 Å². The number of fused-ring (bicyclic) bond motifs is 1. The van der Waals surface area contributed by atoms with Crippen LogP contribution < -0.4 is 15.0 Å². The van der Waals surface area contributed by atoms with Gasteiger partial charge in [-0.2, -0.15) is 0 Å². The van der Waals surface area contributed by atoms with Crippen molar-refractivity contribution in [1.29, 1.82) is 0 Å². The zero-order chi connectivity index (χ0) is 25.0. The van der Waals surface area contributed by atoms with Crippen LogP contribution in [0.3, 0.4) is 0 Å². The summed E-state index contributed by atoms with van der Waals surface area (Å²) >= 11 is 0. The molecule has 35 heavy (non-hydrogen) atoms. The van der Waals surface area contributed by atoms with Gasteiger partial charge in [0.05, 0.1) is 17.6 Å². The number of ether oxygens (including phenoxy) is 2. The molecule has 0 radical (unpaired) electrons. The van der Waals surface area contributed by atoms with Crippen molar-refractivity contribution in [2.75, 3.05) is 38.2 Å². The van der Waals surface area contributed by atoms with Gasteiger partial charge in [-0.1, -0.05) is 42.5 Å². The smallest absolute Gasteiger partial charge is 0.317 e. The number of piperidine rings is 1. The molecule has 1 saturated heterocycles. The van der Waals surface area contributed by atoms with Gasteiger partial charge in [0.1, 0.15) is 5.75 Å². The molecule has 2 aromatic carbocycles. The molecule has 184 valence electrons. The fourth-order valence-corrected chi connectivity index (χ4v) is 4.68. The lowest BCUT2D eigenvalue weighted by atomic mass is 9.72. The molecule has 1 fully saturated rings. The van der Waals surface area contributed by atoms with Gasteiger partial charge in [-0.15, -0.1) is 0 Å². The van der Waals surface area contributed by atoms with Crippen molar-refractivity contribution in [2.24, 2.45) is 0 Å². The largest absolute Gasteiger partial charge is 0.477 e. The molecule has 3 amide bonds. The summed E-state index contributed by atoms with van der Waals surface area (Å²) in [6.45, 7) is 1.90. The number of nitrogens with one attached hydrogen (secondary N) is 1. The molecule has 0 bridgehead atoms. The van der Waals surface area contributed by atoms with Gasteiger partial charge in [0, 0.05) is 27.1 Å². The molecule has 2 aromatic rings. The van der Waals surface area contributed by atoms with E-state index >= 15 is 0 Å². The van der Waals surface area contributed by atoms with Crippen molar-refractivity contribution in [3.8, 4) is 5.75 Å². The van der Waals surface area contributed by atoms with Gasteiger partial charge in [-0.3, -0.25) is 19.2 Å². The van der Waals surface area contributed by atoms with Crippen LogP contribution in [0.15, 0.2) is 54.6 Å². The van der Waals surface area contributed by atoms with Crippen molar-refractivity contribution in [2.45, 2.75) is 31.3 Å². The summed E-state index contributed by atoms with van der Waals surface area (Å²) in [5, 5.41) is 2.54. The number of para-hydroxylation sites is 2. The first-order valence-corrected chi connectivity index (χ1v) is 11.6. The molecule has 2 heterocycles. The predicted octanol–water partition coefficient (Wildman–Crippen LogP) is 1.65. The van der Waals surface area contributed by atoms with Crippen LogP contribution in [0.5, 0.6) is 5.75 Å². The molecule has 9 nitrogen and oxygen atoms in total. The first kappa shape index (κ1) is 24.3. The van der Waals surface area contributed by atoms with Crippen molar-refractivity contribution in [1.82, 2.24) is 10.2 Å². The van der Waals surface area contributed by atoms with Crippen LogP contribution in [-0.2, 0) is 29.3 Å². The third-order valence-electron chi connectivity index (χ3n) is 6.72. The van der Waals surface area contributed by atoms with Crippen molar-refractivity contribution < 1.29 is 28.7 Å². The van der Waals surface area contributed by atoms with Gasteiger partial charge in [0.2, 0.25) is 5.91 Å². The summed E-state index contributed by atoms with van der Waals surface area (Å²) in [6, 6.07) is 16.3. The lowest BCUT2D eigenvalue weighted by molar-refractivity contribution is -0.157. The van der Waals surface area contributed by atoms with Gasteiger partial charge < -0.3 is 24.6 Å². The molecule has 0 aromatic heterocycles. The Balaban J connectivity index is 1.51. The molecular formula is C26H29N3O6. The average molecular weight is 480 g/mol. The Labute approximate surface area is 204 Å². The van der Waals surface area contributed by atoms with E-state index in [-0.39, 0.29) is 18.4 Å². The van der Waals surface area contributed by atoms with Crippen molar-refractivity contribution >= 4 is 29.4 Å². The second-order valence-corrected chi connectivity index (χ2v) is 8.72. The summed E-state index contributed by atoms with van der Waals surface area (Å²) in [6.07, 6.45) is -0.0629. The van der Waals surface area contributed by atoms with Crippen LogP contribution in [0, 0.1) is 0 Å². The average Bonchev–Trinajstić information content (AvgIpc) is 2.90. The molecule has 1 unspecified atom stereocenters. The molecule has 2 aliphatic heterocycles. The number of anilines is 1. The van der Waals surface area contributed by atoms with Crippen LogP contribution >= 0.6 is 0 Å². The van der Waals surface area contributed by atoms with E-state index < -0.39 is 30.0 Å². The van der Waals surface area contributed by atoms with Gasteiger partial charge in [0.15, 0.2) is 12.7 Å². The minimum atomic E-state index is -0.943. The van der Waals surface area contributed by atoms with E-state index in [2.05, 4.69) is 5.32 Å². The molecule has 1 atom stereocenters. The number of benzene rings is 2. The quantitative estimate of drug-likeness (QED) is 0.654. The Hall–Kier alpha value is -3.88. The third kappa shape index (κ3) is 4.84. The van der Waals surface area contributed by atoms with E-state index in [4.69, 9.17) is 9.47 Å². The van der Waals surface area contributed by atoms with E-state index in [0.29, 0.717) is 37.4 Å². The first-order valence-electron chi connectivity index (χ1n) is 11.6. The Morgan fingerprint density at radius 1 is 1.03 bits per heavy atom. The van der Waals surface area contributed by atoms with Crippen LogP contribution in [0.4, 0.5) is 5.69 Å². The molecular weight excluding hydrogens is 450 g/mol. The Morgan fingerprint density at radius 3 is 2.34 bits per heavy atom. The minimum absolute atomic E-state index is 0.00443. The maximum atomic E-state index is 13.5. The molecule has 2 aliphatic rings. The lowest BCUT2D eigenvalue weighted by Crippen LogP contribution is -2.52. The Kier molecular flexibility index (Phi) is 7.04. The number of rotatable bonds is 5. The maximum absolute atomic E-state index is 13.5. The molecule has 1 N–H and O–H groups in total. The highest BCUT2D eigenvalue weighted by atomic mass is 16.5. The SMILES string of the molecule is CNC(=O)C1CN(C(=O)COC(=O)C2(c3ccccc3)CCN(C(C)=O)CC2)c2ccccc2O1. The fraction of sp³-hybridized carbons (Fsp3) is 0.385. The van der Waals surface area contributed by atoms with Gasteiger partial charge in [-0.25, -0.2) is 0 Å². The third-order valence-corrected chi connectivity index (χ3v) is 6.72. The van der Waals surface area contributed by atoms with Crippen LogP contribution in [0.2, 0.25) is 0 Å². The second kappa shape index (κ2) is 10.2. The highest BCUT2D eigenvalue weighted by Crippen LogP contribution is 2.37. The summed E-state index contributed by atoms with van der Waals surface area (Å²) in [5.41, 5.74) is 0.374. The number of nitrogens with zero attached hydrogens (tertiary/aromatic N) is 2. The van der Waals surface area contributed by atoms with Gasteiger partial charge in [-0.05, 0) is 30.5 Å². The summed E-state index contributed by atoms with van der Waals surface area (Å²) in [7, 11) is 1.50. The Morgan fingerprint density at radius 2 is 1.69 bits per heavy atom. The second-order valence-electron chi connectivity index (χ2n) is 8.72. The van der Waals surface area contributed by atoms with Crippen LogP contribution in [-0.4, -0.2) is 68.0 Å². The highest BCUT2D eigenvalue weighted by Gasteiger charge is 2.45. The van der Waals surface area contributed by atoms with Crippen LogP contribution in [0.25, 0.3) is 0 Å². The van der Waals surface area contributed by atoms with E-state index in [1.165, 1.54) is 18.9 Å². The topological polar surface area (TPSA) is 105 Å². The molecule has 9 heteroatoms. The Bertz CT molecular complexity index is 1110. The standard InChI is InChI=1S/C26H29N3O6/c1-18(30)28-14-12-26(13-15-28,19-8-4-3-5-9-19)25(33)34-17-23(31)29-16-22(24(32)27-2)35-21-11-7-6-10-20(21)29/h3-11,22H,12-17H2,1-2H3,(H,27,32). The van der Waals surface area contributed by atoms with Gasteiger partial charge >= 0.3 is 5.97 Å².